The molecule has 23 heavy (non-hydrogen) atoms. The van der Waals surface area contributed by atoms with Gasteiger partial charge in [-0.1, -0.05) is 11.6 Å². The second-order valence-corrected chi connectivity index (χ2v) is 7.08. The number of hydrogen-bond donors (Lipinski definition) is 2. The first-order chi connectivity index (χ1) is 10.5. The number of rotatable bonds is 4. The molecule has 0 aromatic carbocycles. The highest BCUT2D eigenvalue weighted by molar-refractivity contribution is 5.85. The number of carbonyl (C=O) groups is 1. The Balaban J connectivity index is 0.00000192. The zero-order valence-corrected chi connectivity index (χ0v) is 14.8. The van der Waals surface area contributed by atoms with Crippen LogP contribution in [0.4, 0.5) is 0 Å². The first-order valence-corrected chi connectivity index (χ1v) is 8.51. The lowest BCUT2D eigenvalue weighted by Gasteiger charge is -2.45. The van der Waals surface area contributed by atoms with Gasteiger partial charge in [0.05, 0.1) is 5.69 Å². The lowest BCUT2D eigenvalue weighted by Crippen LogP contribution is -2.53. The number of nitrogens with two attached hydrogens (primary N) is 1. The van der Waals surface area contributed by atoms with Crippen molar-refractivity contribution in [2.24, 2.45) is 17.6 Å². The molecule has 0 aliphatic heterocycles. The number of aryl methyl sites for hydroxylation is 2. The van der Waals surface area contributed by atoms with Crippen molar-refractivity contribution in [1.82, 2.24) is 10.5 Å². The summed E-state index contributed by atoms with van der Waals surface area (Å²) in [7, 11) is 0. The number of hydrogen-bond acceptors (Lipinski definition) is 4. The van der Waals surface area contributed by atoms with Gasteiger partial charge >= 0.3 is 0 Å². The molecule has 2 aliphatic carbocycles. The van der Waals surface area contributed by atoms with Gasteiger partial charge in [0.2, 0.25) is 5.91 Å². The summed E-state index contributed by atoms with van der Waals surface area (Å²) in [5.41, 5.74) is 8.11. The Morgan fingerprint density at radius 3 is 2.52 bits per heavy atom. The molecule has 130 valence electrons. The topological polar surface area (TPSA) is 81.2 Å². The largest absolute Gasteiger partial charge is 0.361 e. The summed E-state index contributed by atoms with van der Waals surface area (Å²) in [5, 5.41) is 7.24. The van der Waals surface area contributed by atoms with Gasteiger partial charge in [-0.2, -0.15) is 0 Å². The van der Waals surface area contributed by atoms with Crippen LogP contribution in [0.5, 0.6) is 0 Å². The molecule has 1 aromatic rings. The third kappa shape index (κ3) is 4.07. The summed E-state index contributed by atoms with van der Waals surface area (Å²) in [6.45, 7) is 3.83. The van der Waals surface area contributed by atoms with Crippen molar-refractivity contribution in [3.05, 3.63) is 17.0 Å². The summed E-state index contributed by atoms with van der Waals surface area (Å²) in [6, 6.07) is 0.663. The van der Waals surface area contributed by atoms with Crippen LogP contribution in [0.15, 0.2) is 4.52 Å². The van der Waals surface area contributed by atoms with Gasteiger partial charge in [-0.3, -0.25) is 4.79 Å². The number of fused-ring (bicyclic) bond motifs is 2. The Morgan fingerprint density at radius 2 is 1.96 bits per heavy atom. The SMILES string of the molecule is Cc1noc(C)c1CCC(=O)NC1C2CCCC1CC(N)C2.Cl. The fourth-order valence-electron chi connectivity index (χ4n) is 4.38. The van der Waals surface area contributed by atoms with Crippen LogP contribution in [0.25, 0.3) is 0 Å². The molecule has 6 heteroatoms. The van der Waals surface area contributed by atoms with Crippen LogP contribution < -0.4 is 11.1 Å². The summed E-state index contributed by atoms with van der Waals surface area (Å²) in [4.78, 5) is 12.3. The molecule has 1 aromatic heterocycles. The average Bonchev–Trinajstić information content (AvgIpc) is 2.77. The normalized spacial score (nSPS) is 29.7. The molecule has 2 aliphatic rings. The second kappa shape index (κ2) is 7.67. The summed E-state index contributed by atoms with van der Waals surface area (Å²) in [6.07, 6.45) is 7.03. The smallest absolute Gasteiger partial charge is 0.220 e. The van der Waals surface area contributed by atoms with E-state index in [1.165, 1.54) is 19.3 Å². The average molecular weight is 342 g/mol. The van der Waals surface area contributed by atoms with Crippen molar-refractivity contribution in [2.45, 2.75) is 70.9 Å². The zero-order valence-electron chi connectivity index (χ0n) is 14.0. The van der Waals surface area contributed by atoms with Gasteiger partial charge in [-0.05, 0) is 57.8 Å². The Morgan fingerprint density at radius 1 is 1.30 bits per heavy atom. The van der Waals surface area contributed by atoms with Crippen LogP contribution in [-0.4, -0.2) is 23.1 Å². The fraction of sp³-hybridized carbons (Fsp3) is 0.765. The molecule has 2 unspecified atom stereocenters. The van der Waals surface area contributed by atoms with E-state index in [9.17, 15) is 4.79 Å². The molecule has 2 fully saturated rings. The molecule has 0 spiro atoms. The zero-order chi connectivity index (χ0) is 15.7. The quantitative estimate of drug-likeness (QED) is 0.882. The number of carbonyl (C=O) groups excluding carboxylic acids is 1. The second-order valence-electron chi connectivity index (χ2n) is 7.08. The summed E-state index contributed by atoms with van der Waals surface area (Å²) >= 11 is 0. The highest BCUT2D eigenvalue weighted by Gasteiger charge is 2.39. The van der Waals surface area contributed by atoms with E-state index in [0.717, 1.165) is 29.9 Å². The molecule has 1 heterocycles. The van der Waals surface area contributed by atoms with Gasteiger partial charge in [-0.15, -0.1) is 12.4 Å². The van der Waals surface area contributed by atoms with Crippen LogP contribution in [-0.2, 0) is 11.2 Å². The number of aromatic nitrogens is 1. The van der Waals surface area contributed by atoms with Gasteiger partial charge in [0, 0.05) is 24.1 Å². The first kappa shape index (κ1) is 18.3. The lowest BCUT2D eigenvalue weighted by molar-refractivity contribution is -0.123. The van der Waals surface area contributed by atoms with Gasteiger partial charge < -0.3 is 15.6 Å². The van der Waals surface area contributed by atoms with E-state index >= 15 is 0 Å². The molecule has 2 bridgehead atoms. The molecule has 2 saturated carbocycles. The molecule has 2 atom stereocenters. The van der Waals surface area contributed by atoms with Crippen molar-refractivity contribution < 1.29 is 9.32 Å². The summed E-state index contributed by atoms with van der Waals surface area (Å²) < 4.78 is 5.15. The van der Waals surface area contributed by atoms with Gasteiger partial charge in [0.1, 0.15) is 5.76 Å². The Bertz CT molecular complexity index is 512. The van der Waals surface area contributed by atoms with Crippen molar-refractivity contribution in [1.29, 1.82) is 0 Å². The molecular formula is C17H28ClN3O2. The number of halogens is 1. The lowest BCUT2D eigenvalue weighted by atomic mass is 9.67. The van der Waals surface area contributed by atoms with Crippen LogP contribution in [0.2, 0.25) is 0 Å². The maximum atomic E-state index is 12.3. The van der Waals surface area contributed by atoms with Crippen molar-refractivity contribution in [3.8, 4) is 0 Å². The highest BCUT2D eigenvalue weighted by atomic mass is 35.5. The maximum absolute atomic E-state index is 12.3. The van der Waals surface area contributed by atoms with E-state index in [2.05, 4.69) is 10.5 Å². The van der Waals surface area contributed by atoms with E-state index in [4.69, 9.17) is 10.3 Å². The Kier molecular flexibility index (Phi) is 6.09. The minimum Gasteiger partial charge on any atom is -0.361 e. The minimum absolute atomic E-state index is 0. The van der Waals surface area contributed by atoms with Crippen molar-refractivity contribution in [2.75, 3.05) is 0 Å². The molecule has 3 rings (SSSR count). The molecule has 0 radical (unpaired) electrons. The predicted octanol–water partition coefficient (Wildman–Crippen LogP) is 2.67. The third-order valence-corrected chi connectivity index (χ3v) is 5.49. The Hall–Kier alpha value is -1.07. The first-order valence-electron chi connectivity index (χ1n) is 8.51. The van der Waals surface area contributed by atoms with Crippen molar-refractivity contribution >= 4 is 18.3 Å². The van der Waals surface area contributed by atoms with Crippen LogP contribution in [0, 0.1) is 25.7 Å². The van der Waals surface area contributed by atoms with E-state index in [-0.39, 0.29) is 18.3 Å². The van der Waals surface area contributed by atoms with E-state index < -0.39 is 0 Å². The fourth-order valence-corrected chi connectivity index (χ4v) is 4.38. The highest BCUT2D eigenvalue weighted by Crippen LogP contribution is 2.39. The minimum atomic E-state index is 0. The number of nitrogens with one attached hydrogen (secondary N) is 1. The Labute approximate surface area is 144 Å². The molecule has 1 amide bonds. The molecule has 5 nitrogen and oxygen atoms in total. The van der Waals surface area contributed by atoms with Gasteiger partial charge in [0.15, 0.2) is 0 Å². The van der Waals surface area contributed by atoms with E-state index in [0.29, 0.717) is 36.8 Å². The third-order valence-electron chi connectivity index (χ3n) is 5.49. The molecule has 3 N–H and O–H groups in total. The van der Waals surface area contributed by atoms with Crippen molar-refractivity contribution in [3.63, 3.8) is 0 Å². The predicted molar refractivity (Wildman–Crippen MR) is 91.5 cm³/mol. The van der Waals surface area contributed by atoms with Crippen LogP contribution in [0.1, 0.15) is 55.5 Å². The molecular weight excluding hydrogens is 314 g/mol. The van der Waals surface area contributed by atoms with Gasteiger partial charge in [-0.25, -0.2) is 0 Å². The van der Waals surface area contributed by atoms with Crippen LogP contribution in [0.3, 0.4) is 0 Å². The summed E-state index contributed by atoms with van der Waals surface area (Å²) in [5.74, 6) is 2.12. The van der Waals surface area contributed by atoms with E-state index in [1.54, 1.807) is 0 Å². The standard InChI is InChI=1S/C17H27N3O2.ClH/c1-10-15(11(2)22-20-10)6-7-16(21)19-17-12-4-3-5-13(17)9-14(18)8-12;/h12-14,17H,3-9,18H2,1-2H3,(H,19,21);1H. The number of amides is 1. The molecule has 0 saturated heterocycles. The number of nitrogens with zero attached hydrogens (tertiary/aromatic N) is 1. The maximum Gasteiger partial charge on any atom is 0.220 e. The van der Waals surface area contributed by atoms with Gasteiger partial charge in [0.25, 0.3) is 0 Å². The monoisotopic (exact) mass is 341 g/mol. The van der Waals surface area contributed by atoms with E-state index in [1.807, 2.05) is 13.8 Å². The van der Waals surface area contributed by atoms with Crippen LogP contribution >= 0.6 is 12.4 Å².